The fourth-order valence-electron chi connectivity index (χ4n) is 1.85. The number of benzene rings is 1. The van der Waals surface area contributed by atoms with E-state index in [9.17, 15) is 14.7 Å². The Hall–Kier alpha value is -1.35. The largest absolute Gasteiger partial charge is 0.443 e. The SMILES string of the molecule is CCCCP(=O)(CCCC)Oc1cccc([N+](=O)[O-])c1. The van der Waals surface area contributed by atoms with Crippen molar-refractivity contribution in [3.8, 4) is 5.75 Å². The first-order chi connectivity index (χ1) is 9.50. The highest BCUT2D eigenvalue weighted by molar-refractivity contribution is 7.59. The van der Waals surface area contributed by atoms with Gasteiger partial charge in [0.1, 0.15) is 5.75 Å². The third-order valence-electron chi connectivity index (χ3n) is 3.00. The van der Waals surface area contributed by atoms with Gasteiger partial charge in [0.2, 0.25) is 7.37 Å². The van der Waals surface area contributed by atoms with Crippen LogP contribution in [0.1, 0.15) is 39.5 Å². The van der Waals surface area contributed by atoms with Crippen molar-refractivity contribution < 1.29 is 14.0 Å². The lowest BCUT2D eigenvalue weighted by atomic mass is 10.3. The normalized spacial score (nSPS) is 11.3. The van der Waals surface area contributed by atoms with E-state index in [0.29, 0.717) is 18.1 Å². The van der Waals surface area contributed by atoms with Crippen LogP contribution in [0.4, 0.5) is 5.69 Å². The summed E-state index contributed by atoms with van der Waals surface area (Å²) in [7, 11) is -2.75. The zero-order valence-corrected chi connectivity index (χ0v) is 13.0. The zero-order valence-electron chi connectivity index (χ0n) is 12.1. The summed E-state index contributed by atoms with van der Waals surface area (Å²) in [4.78, 5) is 10.3. The Morgan fingerprint density at radius 3 is 2.30 bits per heavy atom. The smallest absolute Gasteiger partial charge is 0.273 e. The van der Waals surface area contributed by atoms with Crippen LogP contribution in [0.2, 0.25) is 0 Å². The van der Waals surface area contributed by atoms with E-state index in [1.54, 1.807) is 12.1 Å². The highest BCUT2D eigenvalue weighted by atomic mass is 31.2. The maximum absolute atomic E-state index is 12.8. The Labute approximate surface area is 119 Å². The van der Waals surface area contributed by atoms with Crippen molar-refractivity contribution in [2.75, 3.05) is 12.3 Å². The number of rotatable bonds is 9. The molecular formula is C14H22NO4P. The van der Waals surface area contributed by atoms with Crippen LogP contribution in [0.5, 0.6) is 5.75 Å². The Morgan fingerprint density at radius 1 is 1.20 bits per heavy atom. The third kappa shape index (κ3) is 5.33. The van der Waals surface area contributed by atoms with Gasteiger partial charge in [-0.2, -0.15) is 0 Å². The van der Waals surface area contributed by atoms with Crippen LogP contribution < -0.4 is 4.52 Å². The number of nitro groups is 1. The van der Waals surface area contributed by atoms with Crippen LogP contribution in [0.25, 0.3) is 0 Å². The summed E-state index contributed by atoms with van der Waals surface area (Å²) in [6.45, 7) is 4.08. The van der Waals surface area contributed by atoms with Gasteiger partial charge in [-0.05, 0) is 18.9 Å². The molecule has 0 aliphatic rings. The quantitative estimate of drug-likeness (QED) is 0.371. The number of non-ortho nitro benzene ring substituents is 1. The minimum absolute atomic E-state index is 0.0416. The maximum atomic E-state index is 12.8. The molecule has 0 saturated heterocycles. The monoisotopic (exact) mass is 299 g/mol. The Balaban J connectivity index is 2.85. The van der Waals surface area contributed by atoms with Gasteiger partial charge < -0.3 is 4.52 Å². The van der Waals surface area contributed by atoms with Gasteiger partial charge in [0.15, 0.2) is 0 Å². The van der Waals surface area contributed by atoms with Crippen LogP contribution in [0.3, 0.4) is 0 Å². The predicted molar refractivity (Wildman–Crippen MR) is 80.9 cm³/mol. The van der Waals surface area contributed by atoms with Crippen LogP contribution in [0.15, 0.2) is 24.3 Å². The first-order valence-electron chi connectivity index (χ1n) is 7.03. The molecule has 0 aromatic heterocycles. The van der Waals surface area contributed by atoms with Crippen molar-refractivity contribution in [1.29, 1.82) is 0 Å². The second kappa shape index (κ2) is 8.05. The molecule has 0 aliphatic heterocycles. The standard InChI is InChI=1S/C14H22NO4P/c1-3-5-10-20(18,11-6-4-2)19-14-9-7-8-13(12-14)15(16)17/h7-9,12H,3-6,10-11H2,1-2H3. The lowest BCUT2D eigenvalue weighted by Crippen LogP contribution is -2.03. The van der Waals surface area contributed by atoms with E-state index in [1.165, 1.54) is 12.1 Å². The van der Waals surface area contributed by atoms with Gasteiger partial charge in [0, 0.05) is 18.4 Å². The van der Waals surface area contributed by atoms with Crippen molar-refractivity contribution in [3.63, 3.8) is 0 Å². The summed E-state index contributed by atoms with van der Waals surface area (Å²) >= 11 is 0. The molecule has 5 nitrogen and oxygen atoms in total. The summed E-state index contributed by atoms with van der Waals surface area (Å²) < 4.78 is 18.4. The summed E-state index contributed by atoms with van der Waals surface area (Å²) in [6, 6.07) is 5.91. The van der Waals surface area contributed by atoms with Gasteiger partial charge in [-0.25, -0.2) is 0 Å². The fourth-order valence-corrected chi connectivity index (χ4v) is 4.35. The van der Waals surface area contributed by atoms with Gasteiger partial charge in [-0.15, -0.1) is 0 Å². The predicted octanol–water partition coefficient (Wildman–Crippen LogP) is 4.85. The molecule has 0 bridgehead atoms. The maximum Gasteiger partial charge on any atom is 0.273 e. The van der Waals surface area contributed by atoms with Crippen LogP contribution in [0, 0.1) is 10.1 Å². The van der Waals surface area contributed by atoms with E-state index < -0.39 is 12.3 Å². The molecule has 0 aliphatic carbocycles. The van der Waals surface area contributed by atoms with Crippen molar-refractivity contribution >= 4 is 13.1 Å². The van der Waals surface area contributed by atoms with Gasteiger partial charge in [-0.1, -0.05) is 32.8 Å². The highest BCUT2D eigenvalue weighted by Gasteiger charge is 2.24. The van der Waals surface area contributed by atoms with Gasteiger partial charge >= 0.3 is 0 Å². The molecule has 20 heavy (non-hydrogen) atoms. The van der Waals surface area contributed by atoms with E-state index in [-0.39, 0.29) is 5.69 Å². The summed E-state index contributed by atoms with van der Waals surface area (Å²) in [5.74, 6) is 0.328. The average Bonchev–Trinajstić information content (AvgIpc) is 2.43. The number of nitro benzene ring substituents is 1. The van der Waals surface area contributed by atoms with Gasteiger partial charge in [0.25, 0.3) is 5.69 Å². The number of unbranched alkanes of at least 4 members (excludes halogenated alkanes) is 2. The molecule has 112 valence electrons. The van der Waals surface area contributed by atoms with Gasteiger partial charge in [-0.3, -0.25) is 14.7 Å². The third-order valence-corrected chi connectivity index (χ3v) is 5.54. The van der Waals surface area contributed by atoms with Crippen LogP contribution in [-0.4, -0.2) is 17.2 Å². The zero-order chi connectivity index (χ0) is 15.0. The molecule has 0 radical (unpaired) electrons. The summed E-state index contributed by atoms with van der Waals surface area (Å²) in [6.07, 6.45) is 4.66. The van der Waals surface area contributed by atoms with E-state index in [4.69, 9.17) is 4.52 Å². The van der Waals surface area contributed by atoms with Crippen molar-refractivity contribution in [2.45, 2.75) is 39.5 Å². The Morgan fingerprint density at radius 2 is 1.80 bits per heavy atom. The molecule has 0 saturated carbocycles. The van der Waals surface area contributed by atoms with E-state index in [0.717, 1.165) is 25.7 Å². The van der Waals surface area contributed by atoms with E-state index in [1.807, 2.05) is 13.8 Å². The lowest BCUT2D eigenvalue weighted by Gasteiger charge is -2.19. The molecule has 0 unspecified atom stereocenters. The molecule has 1 rings (SSSR count). The second-order valence-corrected chi connectivity index (χ2v) is 7.52. The number of nitrogens with zero attached hydrogens (tertiary/aromatic N) is 1. The molecular weight excluding hydrogens is 277 g/mol. The Kier molecular flexibility index (Phi) is 6.73. The fraction of sp³-hybridized carbons (Fsp3) is 0.571. The molecule has 1 aromatic carbocycles. The first-order valence-corrected chi connectivity index (χ1v) is 9.02. The van der Waals surface area contributed by atoms with Crippen molar-refractivity contribution in [3.05, 3.63) is 34.4 Å². The Bertz CT molecular complexity index is 478. The molecule has 0 fully saturated rings. The molecule has 0 N–H and O–H groups in total. The van der Waals surface area contributed by atoms with E-state index >= 15 is 0 Å². The topological polar surface area (TPSA) is 69.4 Å². The minimum Gasteiger partial charge on any atom is -0.443 e. The molecule has 6 heteroatoms. The van der Waals surface area contributed by atoms with Crippen LogP contribution in [-0.2, 0) is 4.57 Å². The number of hydrogen-bond donors (Lipinski definition) is 0. The van der Waals surface area contributed by atoms with Crippen molar-refractivity contribution in [2.24, 2.45) is 0 Å². The molecule has 0 atom stereocenters. The summed E-state index contributed by atoms with van der Waals surface area (Å²) in [5, 5.41) is 10.7. The first kappa shape index (κ1) is 16.7. The second-order valence-electron chi connectivity index (χ2n) is 4.81. The molecule has 0 heterocycles. The van der Waals surface area contributed by atoms with Gasteiger partial charge in [0.05, 0.1) is 11.0 Å². The minimum atomic E-state index is -2.75. The molecule has 1 aromatic rings. The van der Waals surface area contributed by atoms with E-state index in [2.05, 4.69) is 0 Å². The molecule has 0 spiro atoms. The van der Waals surface area contributed by atoms with Crippen molar-refractivity contribution in [1.82, 2.24) is 0 Å². The summed E-state index contributed by atoms with van der Waals surface area (Å²) in [5.41, 5.74) is -0.0416. The number of hydrogen-bond acceptors (Lipinski definition) is 4. The lowest BCUT2D eigenvalue weighted by molar-refractivity contribution is -0.384. The average molecular weight is 299 g/mol. The van der Waals surface area contributed by atoms with Crippen LogP contribution >= 0.6 is 7.37 Å². The molecule has 0 amide bonds. The highest BCUT2D eigenvalue weighted by Crippen LogP contribution is 2.49.